The number of rotatable bonds is 5. The van der Waals surface area contributed by atoms with Gasteiger partial charge >= 0.3 is 11.9 Å². The summed E-state index contributed by atoms with van der Waals surface area (Å²) in [5.74, 6) is -0.588. The molecule has 0 aromatic rings. The molecule has 1 saturated heterocycles. The molecule has 1 heterocycles. The summed E-state index contributed by atoms with van der Waals surface area (Å²) in [4.78, 5) is 24.8. The molecule has 0 unspecified atom stereocenters. The van der Waals surface area contributed by atoms with Crippen LogP contribution in [0.15, 0.2) is 0 Å². The van der Waals surface area contributed by atoms with E-state index in [4.69, 9.17) is 0 Å². The molecule has 1 rings (SSSR count). The summed E-state index contributed by atoms with van der Waals surface area (Å²) in [7, 11) is 2.71. The molecule has 0 amide bonds. The maximum Gasteiger partial charge on any atom is 0.307 e. The first-order valence-corrected chi connectivity index (χ1v) is 5.75. The second kappa shape index (κ2) is 11.3. The van der Waals surface area contributed by atoms with Crippen molar-refractivity contribution < 1.29 is 19.1 Å². The SMILES string of the molecule is COC(=O)CC(CC(=O)OC)N1CCNCC1.Cl.Cl. The quantitative estimate of drug-likeness (QED) is 0.732. The fourth-order valence-corrected chi connectivity index (χ4v) is 1.93. The Morgan fingerprint density at radius 2 is 1.47 bits per heavy atom. The second-order valence-corrected chi connectivity index (χ2v) is 4.00. The number of hydrogen-bond donors (Lipinski definition) is 1. The zero-order chi connectivity index (χ0) is 12.7. The van der Waals surface area contributed by atoms with Crippen molar-refractivity contribution in [3.8, 4) is 0 Å². The Hall–Kier alpha value is -0.560. The summed E-state index contributed by atoms with van der Waals surface area (Å²) < 4.78 is 9.31. The molecule has 19 heavy (non-hydrogen) atoms. The fourth-order valence-electron chi connectivity index (χ4n) is 1.93. The molecule has 8 heteroatoms. The van der Waals surface area contributed by atoms with Crippen LogP contribution in [0.1, 0.15) is 12.8 Å². The minimum Gasteiger partial charge on any atom is -0.469 e. The van der Waals surface area contributed by atoms with Gasteiger partial charge in [-0.2, -0.15) is 0 Å². The van der Waals surface area contributed by atoms with E-state index in [1.54, 1.807) is 0 Å². The summed E-state index contributed by atoms with van der Waals surface area (Å²) >= 11 is 0. The molecular formula is C11H22Cl2N2O4. The van der Waals surface area contributed by atoms with Crippen molar-refractivity contribution in [2.75, 3.05) is 40.4 Å². The molecule has 1 aliphatic rings. The van der Waals surface area contributed by atoms with E-state index in [0.717, 1.165) is 26.2 Å². The summed E-state index contributed by atoms with van der Waals surface area (Å²) in [6.45, 7) is 3.41. The maximum absolute atomic E-state index is 11.3. The molecule has 0 radical (unpaired) electrons. The number of carbonyl (C=O) groups excluding carboxylic acids is 2. The first-order chi connectivity index (χ1) is 8.17. The molecule has 0 aromatic heterocycles. The number of methoxy groups -OCH3 is 2. The highest BCUT2D eigenvalue weighted by atomic mass is 35.5. The maximum atomic E-state index is 11.3. The third-order valence-corrected chi connectivity index (χ3v) is 2.93. The van der Waals surface area contributed by atoms with Gasteiger partial charge in [0, 0.05) is 32.2 Å². The monoisotopic (exact) mass is 316 g/mol. The van der Waals surface area contributed by atoms with E-state index < -0.39 is 0 Å². The lowest BCUT2D eigenvalue weighted by molar-refractivity contribution is -0.145. The van der Waals surface area contributed by atoms with Gasteiger partial charge in [0.25, 0.3) is 0 Å². The van der Waals surface area contributed by atoms with Crippen molar-refractivity contribution in [1.29, 1.82) is 0 Å². The summed E-state index contributed by atoms with van der Waals surface area (Å²) in [6.07, 6.45) is 0.456. The van der Waals surface area contributed by atoms with Crippen LogP contribution in [0, 0.1) is 0 Å². The molecular weight excluding hydrogens is 295 g/mol. The molecule has 0 aliphatic carbocycles. The first-order valence-electron chi connectivity index (χ1n) is 5.75. The van der Waals surface area contributed by atoms with E-state index in [2.05, 4.69) is 19.7 Å². The standard InChI is InChI=1S/C11H20N2O4.2ClH/c1-16-10(14)7-9(8-11(15)17-2)13-5-3-12-4-6-13;;/h9,12H,3-8H2,1-2H3;2*1H. The molecule has 1 aliphatic heterocycles. The smallest absolute Gasteiger partial charge is 0.307 e. The Kier molecular flexibility index (Phi) is 12.3. The topological polar surface area (TPSA) is 67.9 Å². The van der Waals surface area contributed by atoms with Gasteiger partial charge in [-0.25, -0.2) is 0 Å². The van der Waals surface area contributed by atoms with Gasteiger partial charge < -0.3 is 14.8 Å². The zero-order valence-electron chi connectivity index (χ0n) is 11.2. The van der Waals surface area contributed by atoms with Crippen LogP contribution < -0.4 is 5.32 Å². The zero-order valence-corrected chi connectivity index (χ0v) is 12.8. The van der Waals surface area contributed by atoms with E-state index in [-0.39, 0.29) is 55.6 Å². The van der Waals surface area contributed by atoms with Crippen LogP contribution in [0.4, 0.5) is 0 Å². The third-order valence-electron chi connectivity index (χ3n) is 2.93. The average molecular weight is 317 g/mol. The van der Waals surface area contributed by atoms with Crippen molar-refractivity contribution in [2.24, 2.45) is 0 Å². The first kappa shape index (κ1) is 20.8. The number of piperazine rings is 1. The van der Waals surface area contributed by atoms with E-state index in [9.17, 15) is 9.59 Å². The van der Waals surface area contributed by atoms with Gasteiger partial charge in [0.2, 0.25) is 0 Å². The minimum absolute atomic E-state index is 0. The Morgan fingerprint density at radius 1 is 1.05 bits per heavy atom. The molecule has 0 bridgehead atoms. The molecule has 6 nitrogen and oxygen atoms in total. The van der Waals surface area contributed by atoms with Crippen molar-refractivity contribution in [3.63, 3.8) is 0 Å². The number of ether oxygens (including phenoxy) is 2. The van der Waals surface area contributed by atoms with Crippen molar-refractivity contribution >= 4 is 36.8 Å². The largest absolute Gasteiger partial charge is 0.469 e. The lowest BCUT2D eigenvalue weighted by Gasteiger charge is -2.33. The second-order valence-electron chi connectivity index (χ2n) is 4.00. The predicted molar refractivity (Wildman–Crippen MR) is 76.0 cm³/mol. The number of carbonyl (C=O) groups is 2. The summed E-state index contributed by atoms with van der Waals surface area (Å²) in [5.41, 5.74) is 0. The number of nitrogens with one attached hydrogen (secondary N) is 1. The van der Waals surface area contributed by atoms with Gasteiger partial charge in [-0.1, -0.05) is 0 Å². The predicted octanol–water partition coefficient (Wildman–Crippen LogP) is 0.230. The molecule has 1 N–H and O–H groups in total. The lowest BCUT2D eigenvalue weighted by atomic mass is 10.1. The minimum atomic E-state index is -0.294. The Morgan fingerprint density at radius 3 is 1.84 bits per heavy atom. The van der Waals surface area contributed by atoms with Crippen molar-refractivity contribution in [3.05, 3.63) is 0 Å². The van der Waals surface area contributed by atoms with Crippen LogP contribution in [0.25, 0.3) is 0 Å². The highest BCUT2D eigenvalue weighted by Gasteiger charge is 2.26. The van der Waals surface area contributed by atoms with Crippen LogP contribution in [-0.2, 0) is 19.1 Å². The van der Waals surface area contributed by atoms with Crippen LogP contribution in [0.5, 0.6) is 0 Å². The Labute approximate surface area is 126 Å². The molecule has 0 aromatic carbocycles. The van der Waals surface area contributed by atoms with E-state index in [1.807, 2.05) is 0 Å². The Bertz CT molecular complexity index is 255. The normalized spacial score (nSPS) is 15.1. The molecule has 0 atom stereocenters. The summed E-state index contributed by atoms with van der Waals surface area (Å²) in [6, 6.07) is -0.128. The fraction of sp³-hybridized carbons (Fsp3) is 0.818. The van der Waals surface area contributed by atoms with Crippen molar-refractivity contribution in [2.45, 2.75) is 18.9 Å². The van der Waals surface area contributed by atoms with E-state index in [0.29, 0.717) is 0 Å². The third kappa shape index (κ3) is 7.57. The number of hydrogen-bond acceptors (Lipinski definition) is 6. The van der Waals surface area contributed by atoms with Gasteiger partial charge in [0.15, 0.2) is 0 Å². The lowest BCUT2D eigenvalue weighted by Crippen LogP contribution is -2.49. The highest BCUT2D eigenvalue weighted by Crippen LogP contribution is 2.11. The van der Waals surface area contributed by atoms with Crippen LogP contribution in [0.3, 0.4) is 0 Å². The van der Waals surface area contributed by atoms with Gasteiger partial charge in [-0.3, -0.25) is 14.5 Å². The highest BCUT2D eigenvalue weighted by molar-refractivity contribution is 5.85. The van der Waals surface area contributed by atoms with E-state index in [1.165, 1.54) is 14.2 Å². The van der Waals surface area contributed by atoms with Gasteiger partial charge in [-0.05, 0) is 0 Å². The number of nitrogens with zero attached hydrogens (tertiary/aromatic N) is 1. The van der Waals surface area contributed by atoms with E-state index >= 15 is 0 Å². The van der Waals surface area contributed by atoms with Crippen LogP contribution >= 0.6 is 24.8 Å². The Balaban J connectivity index is 0. The van der Waals surface area contributed by atoms with Gasteiger partial charge in [0.05, 0.1) is 27.1 Å². The number of halogens is 2. The molecule has 1 fully saturated rings. The van der Waals surface area contributed by atoms with Crippen molar-refractivity contribution in [1.82, 2.24) is 10.2 Å². The van der Waals surface area contributed by atoms with Gasteiger partial charge in [0.1, 0.15) is 0 Å². The van der Waals surface area contributed by atoms with Crippen LogP contribution in [-0.4, -0.2) is 63.3 Å². The number of esters is 2. The average Bonchev–Trinajstić information content (AvgIpc) is 2.38. The van der Waals surface area contributed by atoms with Crippen LogP contribution in [0.2, 0.25) is 0 Å². The van der Waals surface area contributed by atoms with Gasteiger partial charge in [-0.15, -0.1) is 24.8 Å². The molecule has 0 saturated carbocycles. The summed E-state index contributed by atoms with van der Waals surface area (Å²) in [5, 5.41) is 3.23. The molecule has 114 valence electrons. The molecule has 0 spiro atoms.